The highest BCUT2D eigenvalue weighted by molar-refractivity contribution is 4.87. The zero-order valence-electron chi connectivity index (χ0n) is 9.46. The molecule has 2 heteroatoms. The second-order valence-electron chi connectivity index (χ2n) is 5.06. The lowest BCUT2D eigenvalue weighted by molar-refractivity contribution is 0.0813. The van der Waals surface area contributed by atoms with Crippen molar-refractivity contribution < 1.29 is 4.74 Å². The molecular weight excluding hydrogens is 174 g/mol. The minimum Gasteiger partial charge on any atom is -0.380 e. The maximum Gasteiger partial charge on any atom is 0.0724 e. The first-order valence-electron chi connectivity index (χ1n) is 6.08. The van der Waals surface area contributed by atoms with E-state index in [0.29, 0.717) is 18.2 Å². The third kappa shape index (κ3) is 2.71. The molecule has 2 nitrogen and oxygen atoms in total. The summed E-state index contributed by atoms with van der Waals surface area (Å²) in [5, 5.41) is 3.73. The van der Waals surface area contributed by atoms with Crippen LogP contribution in [-0.2, 0) is 4.74 Å². The summed E-state index contributed by atoms with van der Waals surface area (Å²) in [7, 11) is 1.84. The van der Waals surface area contributed by atoms with Crippen LogP contribution in [0, 0.1) is 5.92 Å². The molecule has 14 heavy (non-hydrogen) atoms. The van der Waals surface area contributed by atoms with Crippen molar-refractivity contribution in [1.29, 1.82) is 0 Å². The molecule has 3 unspecified atom stereocenters. The Morgan fingerprint density at radius 3 is 2.71 bits per heavy atom. The average Bonchev–Trinajstić information content (AvgIpc) is 2.84. The maximum atomic E-state index is 5.48. The van der Waals surface area contributed by atoms with Gasteiger partial charge < -0.3 is 10.1 Å². The standard InChI is InChI=1S/C12H23NO/c1-9(8-10-6-7-10)13-11-4-3-5-12(11)14-2/h9-13H,3-8H2,1-2H3. The molecule has 0 amide bonds. The van der Waals surface area contributed by atoms with E-state index in [1.807, 2.05) is 7.11 Å². The Morgan fingerprint density at radius 2 is 2.07 bits per heavy atom. The van der Waals surface area contributed by atoms with Crippen molar-refractivity contribution in [2.24, 2.45) is 5.92 Å². The number of nitrogens with one attached hydrogen (secondary N) is 1. The van der Waals surface area contributed by atoms with Gasteiger partial charge in [0.25, 0.3) is 0 Å². The molecule has 2 saturated carbocycles. The van der Waals surface area contributed by atoms with Crippen molar-refractivity contribution in [3.63, 3.8) is 0 Å². The van der Waals surface area contributed by atoms with Crippen LogP contribution in [0.1, 0.15) is 45.4 Å². The Labute approximate surface area is 87.4 Å². The quantitative estimate of drug-likeness (QED) is 0.730. The zero-order valence-corrected chi connectivity index (χ0v) is 9.46. The third-order valence-corrected chi connectivity index (χ3v) is 3.64. The molecule has 0 radical (unpaired) electrons. The Balaban J connectivity index is 1.71. The zero-order chi connectivity index (χ0) is 9.97. The van der Waals surface area contributed by atoms with E-state index in [2.05, 4.69) is 12.2 Å². The smallest absolute Gasteiger partial charge is 0.0724 e. The monoisotopic (exact) mass is 197 g/mol. The van der Waals surface area contributed by atoms with Crippen molar-refractivity contribution in [2.45, 2.75) is 63.6 Å². The lowest BCUT2D eigenvalue weighted by Gasteiger charge is -2.24. The van der Waals surface area contributed by atoms with E-state index in [1.165, 1.54) is 38.5 Å². The largest absolute Gasteiger partial charge is 0.380 e. The summed E-state index contributed by atoms with van der Waals surface area (Å²) in [6, 6.07) is 1.30. The number of ether oxygens (including phenoxy) is 1. The van der Waals surface area contributed by atoms with E-state index in [0.717, 1.165) is 5.92 Å². The average molecular weight is 197 g/mol. The summed E-state index contributed by atoms with van der Waals surface area (Å²) in [5.74, 6) is 1.03. The molecule has 0 aromatic heterocycles. The fourth-order valence-electron chi connectivity index (χ4n) is 2.69. The van der Waals surface area contributed by atoms with Gasteiger partial charge in [0.2, 0.25) is 0 Å². The Morgan fingerprint density at radius 1 is 1.29 bits per heavy atom. The van der Waals surface area contributed by atoms with Gasteiger partial charge in [-0.05, 0) is 38.5 Å². The molecule has 1 N–H and O–H groups in total. The molecule has 0 aliphatic heterocycles. The predicted molar refractivity (Wildman–Crippen MR) is 58.4 cm³/mol. The highest BCUT2D eigenvalue weighted by Crippen LogP contribution is 2.34. The van der Waals surface area contributed by atoms with Crippen molar-refractivity contribution in [3.8, 4) is 0 Å². The molecule has 2 aliphatic carbocycles. The summed E-state index contributed by atoms with van der Waals surface area (Å²) >= 11 is 0. The number of hydrogen-bond donors (Lipinski definition) is 1. The molecule has 82 valence electrons. The van der Waals surface area contributed by atoms with Gasteiger partial charge in [0.05, 0.1) is 6.10 Å². The maximum absolute atomic E-state index is 5.48. The first-order chi connectivity index (χ1) is 6.79. The van der Waals surface area contributed by atoms with Gasteiger partial charge in [-0.2, -0.15) is 0 Å². The van der Waals surface area contributed by atoms with Crippen LogP contribution in [0.4, 0.5) is 0 Å². The molecule has 0 saturated heterocycles. The van der Waals surface area contributed by atoms with Crippen molar-refractivity contribution in [1.82, 2.24) is 5.32 Å². The summed E-state index contributed by atoms with van der Waals surface area (Å²) in [5.41, 5.74) is 0. The van der Waals surface area contributed by atoms with Gasteiger partial charge in [-0.1, -0.05) is 12.8 Å². The van der Waals surface area contributed by atoms with E-state index in [4.69, 9.17) is 4.74 Å². The van der Waals surface area contributed by atoms with Gasteiger partial charge in [-0.25, -0.2) is 0 Å². The minimum atomic E-state index is 0.469. The fraction of sp³-hybridized carbons (Fsp3) is 1.00. The minimum absolute atomic E-state index is 0.469. The van der Waals surface area contributed by atoms with E-state index in [-0.39, 0.29) is 0 Å². The summed E-state index contributed by atoms with van der Waals surface area (Å²) < 4.78 is 5.48. The van der Waals surface area contributed by atoms with Gasteiger partial charge in [-0.15, -0.1) is 0 Å². The van der Waals surface area contributed by atoms with Crippen molar-refractivity contribution in [3.05, 3.63) is 0 Å². The highest BCUT2D eigenvalue weighted by Gasteiger charge is 2.30. The first kappa shape index (κ1) is 10.4. The molecular formula is C12H23NO. The Bertz CT molecular complexity index is 179. The van der Waals surface area contributed by atoms with Gasteiger partial charge in [-0.3, -0.25) is 0 Å². The molecule has 0 aromatic rings. The highest BCUT2D eigenvalue weighted by atomic mass is 16.5. The lowest BCUT2D eigenvalue weighted by atomic mass is 10.1. The van der Waals surface area contributed by atoms with Crippen LogP contribution in [0.3, 0.4) is 0 Å². The topological polar surface area (TPSA) is 21.3 Å². The van der Waals surface area contributed by atoms with Crippen LogP contribution in [0.5, 0.6) is 0 Å². The van der Waals surface area contributed by atoms with Gasteiger partial charge >= 0.3 is 0 Å². The molecule has 0 aromatic carbocycles. The SMILES string of the molecule is COC1CCCC1NC(C)CC1CC1. The molecule has 2 fully saturated rings. The van der Waals surface area contributed by atoms with E-state index >= 15 is 0 Å². The van der Waals surface area contributed by atoms with Gasteiger partial charge in [0, 0.05) is 19.2 Å². The third-order valence-electron chi connectivity index (χ3n) is 3.64. The van der Waals surface area contributed by atoms with Gasteiger partial charge in [0.15, 0.2) is 0 Å². The lowest BCUT2D eigenvalue weighted by Crippen LogP contribution is -2.42. The normalized spacial score (nSPS) is 34.7. The molecule has 2 rings (SSSR count). The Kier molecular flexibility index (Phi) is 3.45. The van der Waals surface area contributed by atoms with Gasteiger partial charge in [0.1, 0.15) is 0 Å². The van der Waals surface area contributed by atoms with Crippen molar-refractivity contribution >= 4 is 0 Å². The van der Waals surface area contributed by atoms with E-state index in [1.54, 1.807) is 0 Å². The van der Waals surface area contributed by atoms with Crippen LogP contribution in [0.2, 0.25) is 0 Å². The molecule has 0 bridgehead atoms. The second kappa shape index (κ2) is 4.63. The molecule has 3 atom stereocenters. The van der Waals surface area contributed by atoms with Crippen LogP contribution < -0.4 is 5.32 Å². The predicted octanol–water partition coefficient (Wildman–Crippen LogP) is 2.33. The van der Waals surface area contributed by atoms with Crippen molar-refractivity contribution in [2.75, 3.05) is 7.11 Å². The second-order valence-corrected chi connectivity index (χ2v) is 5.06. The fourth-order valence-corrected chi connectivity index (χ4v) is 2.69. The Hall–Kier alpha value is -0.0800. The van der Waals surface area contributed by atoms with E-state index in [9.17, 15) is 0 Å². The molecule has 0 spiro atoms. The molecule has 0 heterocycles. The van der Waals surface area contributed by atoms with Crippen LogP contribution in [-0.4, -0.2) is 25.3 Å². The number of methoxy groups -OCH3 is 1. The van der Waals surface area contributed by atoms with E-state index < -0.39 is 0 Å². The first-order valence-corrected chi connectivity index (χ1v) is 6.08. The van der Waals surface area contributed by atoms with Crippen LogP contribution in [0.25, 0.3) is 0 Å². The summed E-state index contributed by atoms with van der Waals surface area (Å²) in [6.45, 7) is 2.32. The van der Waals surface area contributed by atoms with Crippen LogP contribution in [0.15, 0.2) is 0 Å². The number of hydrogen-bond acceptors (Lipinski definition) is 2. The van der Waals surface area contributed by atoms with Crippen LogP contribution >= 0.6 is 0 Å². The summed E-state index contributed by atoms with van der Waals surface area (Å²) in [6.07, 6.45) is 8.63. The molecule has 2 aliphatic rings. The number of rotatable bonds is 5. The summed E-state index contributed by atoms with van der Waals surface area (Å²) in [4.78, 5) is 0.